The van der Waals surface area contributed by atoms with Gasteiger partial charge in [0, 0.05) is 13.1 Å². The lowest BCUT2D eigenvalue weighted by molar-refractivity contribution is -0.160. The fourth-order valence-electron chi connectivity index (χ4n) is 5.31. The number of amides is 1. The number of nitrogens with zero attached hydrogens (tertiary/aromatic N) is 1. The molecule has 1 amide bonds. The number of carboxylic acid groups (broad SMARTS) is 1. The number of para-hydroxylation sites is 1. The second-order valence-electron chi connectivity index (χ2n) is 11.4. The van der Waals surface area contributed by atoms with Crippen LogP contribution in [0.4, 0.5) is 0 Å². The Kier molecular flexibility index (Phi) is 6.26. The third-order valence-electron chi connectivity index (χ3n) is 6.64. The summed E-state index contributed by atoms with van der Waals surface area (Å²) in [5.41, 5.74) is 4.73. The fraction of sp³-hybridized carbons (Fsp3) is 0.481. The molecule has 2 aliphatic rings. The quantitative estimate of drug-likeness (QED) is 0.604. The van der Waals surface area contributed by atoms with Gasteiger partial charge >= 0.3 is 5.97 Å². The van der Waals surface area contributed by atoms with Gasteiger partial charge in [-0.2, -0.15) is 0 Å². The molecule has 2 aromatic rings. The van der Waals surface area contributed by atoms with E-state index in [9.17, 15) is 14.7 Å². The van der Waals surface area contributed by atoms with Crippen molar-refractivity contribution in [3.63, 3.8) is 0 Å². The van der Waals surface area contributed by atoms with Gasteiger partial charge in [-0.05, 0) is 74.6 Å². The number of benzene rings is 2. The molecule has 2 aliphatic heterocycles. The molecule has 0 saturated heterocycles. The van der Waals surface area contributed by atoms with Crippen LogP contribution >= 0.6 is 0 Å². The van der Waals surface area contributed by atoms with Crippen molar-refractivity contribution in [2.75, 3.05) is 6.79 Å². The molecule has 1 N–H and O–H groups in total. The molecule has 2 aromatic carbocycles. The molecule has 1 unspecified atom stereocenters. The maximum absolute atomic E-state index is 13.6. The number of ether oxygens (including phenoxy) is 3. The number of hydrogen-bond acceptors (Lipinski definition) is 5. The van der Waals surface area contributed by atoms with Gasteiger partial charge in [-0.3, -0.25) is 4.79 Å². The molecule has 4 rings (SSSR count). The molecule has 0 aliphatic carbocycles. The van der Waals surface area contributed by atoms with E-state index >= 15 is 0 Å². The molecule has 0 saturated carbocycles. The summed E-state index contributed by atoms with van der Waals surface area (Å²) in [6.07, 6.45) is -1.08. The Morgan fingerprint density at radius 1 is 1.06 bits per heavy atom. The standard InChI is InChI=1S/C27H35NO6Si/c1-15-18-12-28(25(29)17-10-9-11-20-22(17)33-14-32-20)13-19(18)16(2)24(35(6,7)8)21(15)23(26(30)31)34-27(3,4)5/h9-11,23H,12-14H2,1-8H3,(H,30,31). The Morgan fingerprint density at radius 3 is 2.26 bits per heavy atom. The maximum Gasteiger partial charge on any atom is 0.337 e. The van der Waals surface area contributed by atoms with Gasteiger partial charge in [0.25, 0.3) is 5.91 Å². The van der Waals surface area contributed by atoms with Crippen molar-refractivity contribution in [2.45, 2.75) is 79.1 Å². The van der Waals surface area contributed by atoms with Gasteiger partial charge in [-0.1, -0.05) is 30.9 Å². The average molecular weight is 498 g/mol. The van der Waals surface area contributed by atoms with E-state index in [4.69, 9.17) is 14.2 Å². The highest BCUT2D eigenvalue weighted by Gasteiger charge is 2.39. The topological polar surface area (TPSA) is 85.3 Å². The zero-order chi connectivity index (χ0) is 25.9. The minimum absolute atomic E-state index is 0.103. The van der Waals surface area contributed by atoms with E-state index in [0.717, 1.165) is 33.0 Å². The van der Waals surface area contributed by atoms with E-state index in [0.29, 0.717) is 30.2 Å². The molecule has 35 heavy (non-hydrogen) atoms. The second-order valence-corrected chi connectivity index (χ2v) is 16.4. The summed E-state index contributed by atoms with van der Waals surface area (Å²) in [4.78, 5) is 27.9. The van der Waals surface area contributed by atoms with Crippen LogP contribution in [0.15, 0.2) is 18.2 Å². The van der Waals surface area contributed by atoms with E-state index < -0.39 is 25.7 Å². The number of hydrogen-bond donors (Lipinski definition) is 1. The molecule has 0 spiro atoms. The van der Waals surface area contributed by atoms with Crippen molar-refractivity contribution in [3.05, 3.63) is 51.6 Å². The van der Waals surface area contributed by atoms with Crippen LogP contribution in [0.1, 0.15) is 65.1 Å². The van der Waals surface area contributed by atoms with Crippen molar-refractivity contribution < 1.29 is 28.9 Å². The Morgan fingerprint density at radius 2 is 1.69 bits per heavy atom. The minimum atomic E-state index is -1.99. The van der Waals surface area contributed by atoms with E-state index in [1.54, 1.807) is 23.1 Å². The van der Waals surface area contributed by atoms with E-state index in [1.807, 2.05) is 27.7 Å². The molecule has 0 aromatic heterocycles. The summed E-state index contributed by atoms with van der Waals surface area (Å²) in [5.74, 6) is -0.0641. The Balaban J connectivity index is 1.82. The molecular weight excluding hydrogens is 462 g/mol. The molecule has 0 bridgehead atoms. The van der Waals surface area contributed by atoms with E-state index in [2.05, 4.69) is 26.6 Å². The largest absolute Gasteiger partial charge is 0.479 e. The van der Waals surface area contributed by atoms with E-state index in [-0.39, 0.29) is 12.7 Å². The number of rotatable bonds is 5. The zero-order valence-corrected chi connectivity index (χ0v) is 22.9. The normalized spacial score (nSPS) is 15.8. The summed E-state index contributed by atoms with van der Waals surface area (Å²) in [5, 5.41) is 11.3. The number of carbonyl (C=O) groups excluding carboxylic acids is 1. The highest BCUT2D eigenvalue weighted by Crippen LogP contribution is 2.40. The van der Waals surface area contributed by atoms with Crippen LogP contribution in [0.2, 0.25) is 19.6 Å². The predicted octanol–water partition coefficient (Wildman–Crippen LogP) is 4.67. The maximum atomic E-state index is 13.6. The lowest BCUT2D eigenvalue weighted by Crippen LogP contribution is -2.46. The molecule has 0 radical (unpaired) electrons. The highest BCUT2D eigenvalue weighted by atomic mass is 28.3. The SMILES string of the molecule is Cc1c2c(c(C)c([Si](C)(C)C)c1C(OC(C)(C)C)C(=O)O)CN(C(=O)c1cccc3c1OCO3)C2. The predicted molar refractivity (Wildman–Crippen MR) is 136 cm³/mol. The molecule has 1 atom stereocenters. The number of fused-ring (bicyclic) bond motifs is 2. The summed E-state index contributed by atoms with van der Waals surface area (Å²) in [6.45, 7) is 17.3. The van der Waals surface area contributed by atoms with Crippen LogP contribution in [0.3, 0.4) is 0 Å². The van der Waals surface area contributed by atoms with Crippen LogP contribution in [0.5, 0.6) is 11.5 Å². The first-order valence-corrected chi connectivity index (χ1v) is 15.4. The van der Waals surface area contributed by atoms with Crippen LogP contribution in [-0.2, 0) is 22.6 Å². The van der Waals surface area contributed by atoms with Gasteiger partial charge in [0.2, 0.25) is 6.79 Å². The van der Waals surface area contributed by atoms with E-state index in [1.165, 1.54) is 0 Å². The summed E-state index contributed by atoms with van der Waals surface area (Å²) >= 11 is 0. The van der Waals surface area contributed by atoms with Crippen LogP contribution in [0, 0.1) is 13.8 Å². The minimum Gasteiger partial charge on any atom is -0.479 e. The first-order valence-electron chi connectivity index (χ1n) is 11.9. The first kappa shape index (κ1) is 25.3. The molecule has 0 fully saturated rings. The number of carbonyl (C=O) groups is 2. The van der Waals surface area contributed by atoms with Crippen molar-refractivity contribution >= 4 is 25.1 Å². The van der Waals surface area contributed by atoms with Gasteiger partial charge in [0.05, 0.1) is 19.2 Å². The van der Waals surface area contributed by atoms with Gasteiger partial charge < -0.3 is 24.2 Å². The molecule has 7 nitrogen and oxygen atoms in total. The smallest absolute Gasteiger partial charge is 0.337 e. The van der Waals surface area contributed by atoms with Crippen molar-refractivity contribution in [1.29, 1.82) is 0 Å². The zero-order valence-electron chi connectivity index (χ0n) is 21.9. The summed E-state index contributed by atoms with van der Waals surface area (Å²) in [6, 6.07) is 5.35. The number of aliphatic carboxylic acids is 1. The fourth-order valence-corrected chi connectivity index (χ4v) is 7.72. The average Bonchev–Trinajstić information content (AvgIpc) is 3.39. The van der Waals surface area contributed by atoms with Gasteiger partial charge in [0.1, 0.15) is 0 Å². The van der Waals surface area contributed by atoms with Crippen molar-refractivity contribution in [2.24, 2.45) is 0 Å². The summed E-state index contributed by atoms with van der Waals surface area (Å²) < 4.78 is 17.1. The highest BCUT2D eigenvalue weighted by molar-refractivity contribution is 6.89. The molecule has 2 heterocycles. The van der Waals surface area contributed by atoms with Crippen LogP contribution in [0.25, 0.3) is 0 Å². The molecular formula is C27H35NO6Si. The van der Waals surface area contributed by atoms with Crippen LogP contribution in [-0.4, -0.2) is 42.4 Å². The van der Waals surface area contributed by atoms with Gasteiger partial charge in [0.15, 0.2) is 17.6 Å². The third-order valence-corrected chi connectivity index (χ3v) is 8.78. The first-order chi connectivity index (χ1) is 16.2. The lowest BCUT2D eigenvalue weighted by Gasteiger charge is -2.33. The van der Waals surface area contributed by atoms with Crippen molar-refractivity contribution in [3.8, 4) is 11.5 Å². The second kappa shape index (κ2) is 8.67. The Hall–Kier alpha value is -2.84. The third kappa shape index (κ3) is 4.57. The number of carboxylic acids is 1. The lowest BCUT2D eigenvalue weighted by atomic mass is 9.91. The monoisotopic (exact) mass is 497 g/mol. The summed E-state index contributed by atoms with van der Waals surface area (Å²) in [7, 11) is -1.99. The Labute approximate surface area is 208 Å². The van der Waals surface area contributed by atoms with Crippen molar-refractivity contribution in [1.82, 2.24) is 4.90 Å². The van der Waals surface area contributed by atoms with Gasteiger partial charge in [-0.25, -0.2) is 4.79 Å². The Bertz CT molecular complexity index is 1210. The molecule has 188 valence electrons. The molecule has 8 heteroatoms. The van der Waals surface area contributed by atoms with Crippen LogP contribution < -0.4 is 14.7 Å². The van der Waals surface area contributed by atoms with Gasteiger partial charge in [-0.15, -0.1) is 0 Å².